The monoisotopic (exact) mass is 250 g/mol. The topological polar surface area (TPSA) is 62.4 Å². The maximum absolute atomic E-state index is 10.9. The minimum absolute atomic E-state index is 0.415. The van der Waals surface area contributed by atoms with Crippen LogP contribution in [0.25, 0.3) is 5.69 Å². The largest absolute Gasteiger partial charge is 0.492 e. The lowest BCUT2D eigenvalue weighted by atomic mass is 10.3. The van der Waals surface area contributed by atoms with Crippen LogP contribution in [-0.4, -0.2) is 37.4 Å². The van der Waals surface area contributed by atoms with E-state index < -0.39 is 5.63 Å². The fourth-order valence-corrected chi connectivity index (χ4v) is 1.43. The number of aromatic amines is 1. The van der Waals surface area contributed by atoms with Gasteiger partial charge in [-0.2, -0.15) is 0 Å². The maximum atomic E-state index is 10.9. The molecule has 1 aromatic carbocycles. The zero-order chi connectivity index (χ0) is 13.0. The van der Waals surface area contributed by atoms with Crippen molar-refractivity contribution in [2.45, 2.75) is 0 Å². The molecule has 0 radical (unpaired) electrons. The molecule has 6 heteroatoms. The normalized spacial score (nSPS) is 10.8. The molecule has 2 aromatic rings. The molecule has 0 spiro atoms. The van der Waals surface area contributed by atoms with Gasteiger partial charge in [0.05, 0.1) is 0 Å². The van der Waals surface area contributed by atoms with Gasteiger partial charge in [0.15, 0.2) is 0 Å². The van der Waals surface area contributed by atoms with E-state index >= 15 is 0 Å². The van der Waals surface area contributed by atoms with Crippen LogP contribution >= 0.6 is 0 Å². The number of likely N-dealkylation sites (N-methyl/N-ethyl adjacent to an activating group) is 1. The smallest absolute Gasteiger partial charge is 0.427 e. The number of H-pyrrole nitrogens is 1. The first-order valence-electron chi connectivity index (χ1n) is 5.63. The van der Waals surface area contributed by atoms with Gasteiger partial charge in [-0.15, -0.1) is 0 Å². The summed E-state index contributed by atoms with van der Waals surface area (Å²) in [6.07, 6.45) is 1.34. The summed E-state index contributed by atoms with van der Waals surface area (Å²) in [5, 5.41) is 2.48. The van der Waals surface area contributed by atoms with Crippen molar-refractivity contribution in [3.05, 3.63) is 40.9 Å². The number of hydrogen-bond donors (Lipinski definition) is 1. The van der Waals surface area contributed by atoms with E-state index in [-0.39, 0.29) is 0 Å². The third kappa shape index (κ3) is 3.21. The van der Waals surface area contributed by atoms with E-state index in [2.05, 4.69) is 14.7 Å². The fraction of sp³-hybridized carbons (Fsp3) is 0.333. The minimum Gasteiger partial charge on any atom is -0.492 e. The molecule has 2 rings (SSSR count). The Morgan fingerprint density at radius 3 is 2.61 bits per heavy atom. The number of ether oxygens (including phenoxy) is 1. The number of nitrogens with one attached hydrogen (secondary N) is 1. The van der Waals surface area contributed by atoms with Gasteiger partial charge in [-0.3, -0.25) is 4.52 Å². The highest BCUT2D eigenvalue weighted by Crippen LogP contribution is 2.11. The highest BCUT2D eigenvalue weighted by atomic mass is 16.5. The van der Waals surface area contributed by atoms with Crippen molar-refractivity contribution < 1.29 is 13.9 Å². The summed E-state index contributed by atoms with van der Waals surface area (Å²) in [6.45, 7) is 1.51. The Labute approximate surface area is 104 Å². The number of hydrogen-bond acceptors (Lipinski definition) is 4. The van der Waals surface area contributed by atoms with E-state index in [0.29, 0.717) is 6.61 Å². The number of aromatic nitrogens is 2. The summed E-state index contributed by atoms with van der Waals surface area (Å²) in [4.78, 5) is 12.9. The highest BCUT2D eigenvalue weighted by Gasteiger charge is 2.09. The second-order valence-electron chi connectivity index (χ2n) is 4.16. The molecule has 1 aromatic heterocycles. The molecule has 6 nitrogen and oxygen atoms in total. The summed E-state index contributed by atoms with van der Waals surface area (Å²) in [5.74, 6) is 0.798. The average Bonchev–Trinajstić information content (AvgIpc) is 2.76. The molecule has 96 valence electrons. The first-order valence-corrected chi connectivity index (χ1v) is 5.63. The zero-order valence-corrected chi connectivity index (χ0v) is 10.4. The number of benzene rings is 1. The van der Waals surface area contributed by atoms with E-state index in [1.54, 1.807) is 0 Å². The second-order valence-corrected chi connectivity index (χ2v) is 4.16. The van der Waals surface area contributed by atoms with Crippen LogP contribution in [0.2, 0.25) is 0 Å². The Kier molecular flexibility index (Phi) is 3.78. The van der Waals surface area contributed by atoms with Crippen molar-refractivity contribution in [2.75, 3.05) is 27.2 Å². The molecule has 0 amide bonds. The van der Waals surface area contributed by atoms with Gasteiger partial charge in [0.2, 0.25) is 5.69 Å². The molecule has 1 heterocycles. The zero-order valence-electron chi connectivity index (χ0n) is 10.4. The van der Waals surface area contributed by atoms with E-state index in [9.17, 15) is 4.79 Å². The average molecular weight is 250 g/mol. The molecule has 0 fully saturated rings. The van der Waals surface area contributed by atoms with Gasteiger partial charge in [0.1, 0.15) is 12.4 Å². The van der Waals surface area contributed by atoms with Crippen LogP contribution in [0.5, 0.6) is 5.75 Å². The first kappa shape index (κ1) is 12.4. The number of nitrogens with zero attached hydrogens (tertiary/aromatic N) is 2. The standard InChI is InChI=1S/C12H15N3O3/c1-14(2)7-8-17-11-5-3-10(4-6-11)15-9-12(16)18-13-15/h3-6,9H,7-8H2,1-2H3/p+1. The fourth-order valence-electron chi connectivity index (χ4n) is 1.43. The molecule has 0 atom stereocenters. The summed E-state index contributed by atoms with van der Waals surface area (Å²) in [6, 6.07) is 7.39. The Bertz CT molecular complexity index is 542. The van der Waals surface area contributed by atoms with Crippen molar-refractivity contribution in [3.8, 4) is 11.4 Å². The van der Waals surface area contributed by atoms with E-state index in [1.807, 2.05) is 38.4 Å². The summed E-state index contributed by atoms with van der Waals surface area (Å²) in [5.41, 5.74) is 0.391. The van der Waals surface area contributed by atoms with Crippen LogP contribution in [0.3, 0.4) is 0 Å². The van der Waals surface area contributed by atoms with Crippen molar-refractivity contribution in [1.82, 2.24) is 10.2 Å². The molecule has 0 bridgehead atoms. The third-order valence-electron chi connectivity index (χ3n) is 2.40. The Balaban J connectivity index is 1.99. The SMILES string of the molecule is CN(C)CCOc1ccc(-[n+]2cc(=O)o[nH]2)cc1. The van der Waals surface area contributed by atoms with Crippen LogP contribution in [0.15, 0.2) is 39.8 Å². The van der Waals surface area contributed by atoms with Crippen LogP contribution < -0.4 is 15.0 Å². The van der Waals surface area contributed by atoms with E-state index in [0.717, 1.165) is 18.0 Å². The quantitative estimate of drug-likeness (QED) is 0.769. The predicted octanol–water partition coefficient (Wildman–Crippen LogP) is 0.185. The molecule has 0 aliphatic carbocycles. The summed E-state index contributed by atoms with van der Waals surface area (Å²) >= 11 is 0. The Hall–Kier alpha value is -2.08. The summed E-state index contributed by atoms with van der Waals surface area (Å²) in [7, 11) is 4.00. The van der Waals surface area contributed by atoms with Crippen molar-refractivity contribution >= 4 is 0 Å². The second kappa shape index (κ2) is 5.50. The lowest BCUT2D eigenvalue weighted by molar-refractivity contribution is -0.670. The van der Waals surface area contributed by atoms with Gasteiger partial charge in [-0.05, 0) is 36.2 Å². The molecule has 0 aliphatic heterocycles. The van der Waals surface area contributed by atoms with Gasteiger partial charge in [-0.25, -0.2) is 4.79 Å². The maximum Gasteiger partial charge on any atom is 0.427 e. The van der Waals surface area contributed by atoms with Gasteiger partial charge >= 0.3 is 5.63 Å². The highest BCUT2D eigenvalue weighted by molar-refractivity contribution is 5.31. The molecule has 0 aliphatic rings. The first-order chi connectivity index (χ1) is 8.65. The van der Waals surface area contributed by atoms with Crippen molar-refractivity contribution in [1.29, 1.82) is 0 Å². The lowest BCUT2D eigenvalue weighted by Crippen LogP contribution is -2.31. The third-order valence-corrected chi connectivity index (χ3v) is 2.40. The van der Waals surface area contributed by atoms with E-state index in [1.165, 1.54) is 10.9 Å². The summed E-state index contributed by atoms with van der Waals surface area (Å²) < 4.78 is 11.7. The van der Waals surface area contributed by atoms with Gasteiger partial charge < -0.3 is 9.64 Å². The molecular formula is C12H16N3O3+. The van der Waals surface area contributed by atoms with Gasteiger partial charge in [0.25, 0.3) is 6.20 Å². The van der Waals surface area contributed by atoms with Gasteiger partial charge in [-0.1, -0.05) is 0 Å². The molecule has 18 heavy (non-hydrogen) atoms. The molecule has 1 N–H and O–H groups in total. The van der Waals surface area contributed by atoms with Crippen LogP contribution in [0.1, 0.15) is 0 Å². The predicted molar refractivity (Wildman–Crippen MR) is 64.9 cm³/mol. The minimum atomic E-state index is -0.415. The van der Waals surface area contributed by atoms with Crippen LogP contribution in [0.4, 0.5) is 0 Å². The van der Waals surface area contributed by atoms with E-state index in [4.69, 9.17) is 4.74 Å². The Morgan fingerprint density at radius 2 is 2.06 bits per heavy atom. The molecular weight excluding hydrogens is 234 g/mol. The molecule has 0 saturated carbocycles. The number of rotatable bonds is 5. The van der Waals surface area contributed by atoms with Gasteiger partial charge in [0, 0.05) is 18.7 Å². The van der Waals surface area contributed by atoms with Crippen LogP contribution in [0, 0.1) is 0 Å². The Morgan fingerprint density at radius 1 is 1.33 bits per heavy atom. The van der Waals surface area contributed by atoms with Crippen LogP contribution in [-0.2, 0) is 0 Å². The molecule has 0 unspecified atom stereocenters. The van der Waals surface area contributed by atoms with Crippen molar-refractivity contribution in [3.63, 3.8) is 0 Å². The molecule has 0 saturated heterocycles. The lowest BCUT2D eigenvalue weighted by Gasteiger charge is -2.10. The van der Waals surface area contributed by atoms with Crippen molar-refractivity contribution in [2.24, 2.45) is 0 Å².